The van der Waals surface area contributed by atoms with Gasteiger partial charge in [-0.05, 0) is 43.7 Å². The Balaban J connectivity index is 1.85. The quantitative estimate of drug-likeness (QED) is 0.676. The van der Waals surface area contributed by atoms with Crippen molar-refractivity contribution in [1.29, 1.82) is 0 Å². The van der Waals surface area contributed by atoms with Crippen LogP contribution in [0, 0.1) is 16.0 Å². The van der Waals surface area contributed by atoms with Gasteiger partial charge in [0, 0.05) is 30.9 Å². The normalized spacial score (nSPS) is 22.6. The lowest BCUT2D eigenvalue weighted by molar-refractivity contribution is -0.384. The second-order valence-electron chi connectivity index (χ2n) is 6.07. The number of nitrogens with one attached hydrogen (secondary N) is 1. The zero-order valence-corrected chi connectivity index (χ0v) is 11.8. The number of nitro groups is 1. The van der Waals surface area contributed by atoms with Crippen LogP contribution in [0.25, 0.3) is 0 Å². The summed E-state index contributed by atoms with van der Waals surface area (Å²) >= 11 is 0. The summed E-state index contributed by atoms with van der Waals surface area (Å²) in [6.45, 7) is 4.35. The first-order chi connectivity index (χ1) is 9.63. The summed E-state index contributed by atoms with van der Waals surface area (Å²) in [5.74, 6) is 0.693. The molecule has 1 atom stereocenters. The number of rotatable bonds is 4. The van der Waals surface area contributed by atoms with Gasteiger partial charge in [0.15, 0.2) is 0 Å². The van der Waals surface area contributed by atoms with Crippen molar-refractivity contribution in [3.05, 3.63) is 28.3 Å². The van der Waals surface area contributed by atoms with Gasteiger partial charge >= 0.3 is 0 Å². The summed E-state index contributed by atoms with van der Waals surface area (Å²) in [5, 5.41) is 14.4. The minimum Gasteiger partial charge on any atom is -0.377 e. The third-order valence-electron chi connectivity index (χ3n) is 4.14. The zero-order valence-electron chi connectivity index (χ0n) is 11.8. The second-order valence-corrected chi connectivity index (χ2v) is 6.07. The lowest BCUT2D eigenvalue weighted by Gasteiger charge is -2.33. The Labute approximate surface area is 119 Å². The molecule has 0 amide bonds. The molecule has 3 rings (SSSR count). The summed E-state index contributed by atoms with van der Waals surface area (Å²) in [6.07, 6.45) is 4.70. The monoisotopic (exact) mass is 275 g/mol. The molecule has 0 spiro atoms. The fraction of sp³-hybridized carbons (Fsp3) is 0.600. The van der Waals surface area contributed by atoms with Crippen molar-refractivity contribution in [2.24, 2.45) is 5.92 Å². The Bertz CT molecular complexity index is 514. The molecule has 1 aliphatic heterocycles. The van der Waals surface area contributed by atoms with E-state index in [2.05, 4.69) is 17.1 Å². The molecule has 1 N–H and O–H groups in total. The summed E-state index contributed by atoms with van der Waals surface area (Å²) in [6, 6.07) is 5.89. The van der Waals surface area contributed by atoms with Crippen molar-refractivity contribution in [3.63, 3.8) is 0 Å². The van der Waals surface area contributed by atoms with E-state index in [1.165, 1.54) is 12.8 Å². The molecule has 5 nitrogen and oxygen atoms in total. The van der Waals surface area contributed by atoms with Gasteiger partial charge in [0.25, 0.3) is 5.69 Å². The van der Waals surface area contributed by atoms with Gasteiger partial charge in [0.2, 0.25) is 0 Å². The van der Waals surface area contributed by atoms with Crippen LogP contribution in [0.1, 0.15) is 32.6 Å². The second kappa shape index (κ2) is 5.31. The first kappa shape index (κ1) is 13.2. The molecule has 20 heavy (non-hydrogen) atoms. The number of hydrogen-bond donors (Lipinski definition) is 1. The van der Waals surface area contributed by atoms with Crippen LogP contribution in [-0.4, -0.2) is 24.1 Å². The van der Waals surface area contributed by atoms with Gasteiger partial charge in [-0.3, -0.25) is 10.1 Å². The number of benzene rings is 1. The molecular formula is C15H21N3O2. The fourth-order valence-electron chi connectivity index (χ4n) is 2.87. The van der Waals surface area contributed by atoms with E-state index in [-0.39, 0.29) is 10.6 Å². The minimum atomic E-state index is -0.298. The number of nitro benzene ring substituents is 1. The van der Waals surface area contributed by atoms with Gasteiger partial charge in [0.1, 0.15) is 5.69 Å². The molecule has 0 aromatic heterocycles. The molecule has 5 heteroatoms. The predicted octanol–water partition coefficient (Wildman–Crippen LogP) is 3.41. The SMILES string of the molecule is CC1CCCN(c2ccc([N+](=O)[O-])c(NC3CC3)c2)C1. The van der Waals surface area contributed by atoms with Crippen LogP contribution in [0.15, 0.2) is 18.2 Å². The van der Waals surface area contributed by atoms with E-state index >= 15 is 0 Å². The van der Waals surface area contributed by atoms with Crippen LogP contribution in [0.4, 0.5) is 17.1 Å². The van der Waals surface area contributed by atoms with Gasteiger partial charge in [-0.1, -0.05) is 6.92 Å². The Morgan fingerprint density at radius 3 is 2.80 bits per heavy atom. The van der Waals surface area contributed by atoms with Gasteiger partial charge in [-0.2, -0.15) is 0 Å². The summed E-state index contributed by atoms with van der Waals surface area (Å²) < 4.78 is 0. The lowest BCUT2D eigenvalue weighted by Crippen LogP contribution is -2.34. The molecular weight excluding hydrogens is 254 g/mol. The van der Waals surface area contributed by atoms with Crippen LogP contribution >= 0.6 is 0 Å². The molecule has 2 aliphatic rings. The Morgan fingerprint density at radius 1 is 1.35 bits per heavy atom. The lowest BCUT2D eigenvalue weighted by atomic mass is 9.99. The third kappa shape index (κ3) is 2.86. The molecule has 108 valence electrons. The van der Waals surface area contributed by atoms with Crippen molar-refractivity contribution in [3.8, 4) is 0 Å². The highest BCUT2D eigenvalue weighted by molar-refractivity contribution is 5.69. The van der Waals surface area contributed by atoms with Gasteiger partial charge in [0.05, 0.1) is 4.92 Å². The highest BCUT2D eigenvalue weighted by Crippen LogP contribution is 2.35. The number of nitrogens with zero attached hydrogens (tertiary/aromatic N) is 2. The molecule has 2 fully saturated rings. The largest absolute Gasteiger partial charge is 0.377 e. The molecule has 1 saturated heterocycles. The molecule has 0 bridgehead atoms. The summed E-state index contributed by atoms with van der Waals surface area (Å²) in [5.41, 5.74) is 1.96. The van der Waals surface area contributed by atoms with E-state index in [0.29, 0.717) is 17.6 Å². The molecule has 1 saturated carbocycles. The maximum absolute atomic E-state index is 11.1. The van der Waals surface area contributed by atoms with Crippen molar-refractivity contribution >= 4 is 17.1 Å². The topological polar surface area (TPSA) is 58.4 Å². The van der Waals surface area contributed by atoms with Crippen molar-refractivity contribution in [2.75, 3.05) is 23.3 Å². The highest BCUT2D eigenvalue weighted by atomic mass is 16.6. The van der Waals surface area contributed by atoms with Crippen LogP contribution in [0.3, 0.4) is 0 Å². The zero-order chi connectivity index (χ0) is 14.1. The molecule has 1 aromatic carbocycles. The van der Waals surface area contributed by atoms with Gasteiger partial charge in [-0.25, -0.2) is 0 Å². The third-order valence-corrected chi connectivity index (χ3v) is 4.14. The van der Waals surface area contributed by atoms with E-state index < -0.39 is 0 Å². The molecule has 0 radical (unpaired) electrons. The summed E-state index contributed by atoms with van der Waals surface area (Å²) in [7, 11) is 0. The van der Waals surface area contributed by atoms with Crippen molar-refractivity contribution < 1.29 is 4.92 Å². The molecule has 1 aliphatic carbocycles. The van der Waals surface area contributed by atoms with E-state index in [9.17, 15) is 10.1 Å². The number of anilines is 2. The Hall–Kier alpha value is -1.78. The smallest absolute Gasteiger partial charge is 0.292 e. The van der Waals surface area contributed by atoms with Gasteiger partial charge in [-0.15, -0.1) is 0 Å². The summed E-state index contributed by atoms with van der Waals surface area (Å²) in [4.78, 5) is 13.2. The first-order valence-corrected chi connectivity index (χ1v) is 7.43. The number of piperidine rings is 1. The fourth-order valence-corrected chi connectivity index (χ4v) is 2.87. The van der Waals surface area contributed by atoms with Crippen LogP contribution < -0.4 is 10.2 Å². The molecule has 1 aromatic rings. The Morgan fingerprint density at radius 2 is 2.15 bits per heavy atom. The number of hydrogen-bond acceptors (Lipinski definition) is 4. The standard InChI is InChI=1S/C15H21N3O2/c1-11-3-2-8-17(10-11)13-6-7-15(18(19)20)14(9-13)16-12-4-5-12/h6-7,9,11-12,16H,2-5,8,10H2,1H3. The van der Waals surface area contributed by atoms with E-state index in [4.69, 9.17) is 0 Å². The van der Waals surface area contributed by atoms with E-state index in [1.54, 1.807) is 6.07 Å². The maximum atomic E-state index is 11.1. The Kier molecular flexibility index (Phi) is 3.51. The van der Waals surface area contributed by atoms with Crippen molar-refractivity contribution in [2.45, 2.75) is 38.6 Å². The average molecular weight is 275 g/mol. The molecule has 1 unspecified atom stereocenters. The van der Waals surface area contributed by atoms with Crippen LogP contribution in [0.2, 0.25) is 0 Å². The average Bonchev–Trinajstić information content (AvgIpc) is 3.22. The van der Waals surface area contributed by atoms with E-state index in [1.807, 2.05) is 12.1 Å². The van der Waals surface area contributed by atoms with Crippen molar-refractivity contribution in [1.82, 2.24) is 0 Å². The van der Waals surface area contributed by atoms with E-state index in [0.717, 1.165) is 31.6 Å². The molecule has 1 heterocycles. The van der Waals surface area contributed by atoms with Crippen LogP contribution in [-0.2, 0) is 0 Å². The minimum absolute atomic E-state index is 0.186. The maximum Gasteiger partial charge on any atom is 0.292 e. The first-order valence-electron chi connectivity index (χ1n) is 7.43. The predicted molar refractivity (Wildman–Crippen MR) is 80.4 cm³/mol. The van der Waals surface area contributed by atoms with Crippen LogP contribution in [0.5, 0.6) is 0 Å². The van der Waals surface area contributed by atoms with Gasteiger partial charge < -0.3 is 10.2 Å². The highest BCUT2D eigenvalue weighted by Gasteiger charge is 2.26.